The molecule has 0 atom stereocenters. The van der Waals surface area contributed by atoms with Gasteiger partial charge in [-0.3, -0.25) is 10.1 Å². The summed E-state index contributed by atoms with van der Waals surface area (Å²) in [5.74, 6) is -0.515. The van der Waals surface area contributed by atoms with Gasteiger partial charge in [0.05, 0.1) is 10.6 Å². The number of thiazole rings is 1. The summed E-state index contributed by atoms with van der Waals surface area (Å²) < 4.78 is 13.7. The number of nitrogens with one attached hydrogen (secondary N) is 1. The van der Waals surface area contributed by atoms with Gasteiger partial charge >= 0.3 is 0 Å². The van der Waals surface area contributed by atoms with Gasteiger partial charge in [-0.1, -0.05) is 18.2 Å². The minimum Gasteiger partial charge on any atom is -0.297 e. The van der Waals surface area contributed by atoms with Crippen molar-refractivity contribution in [1.29, 1.82) is 0 Å². The average molecular weight is 318 g/mol. The first kappa shape index (κ1) is 13.9. The van der Waals surface area contributed by atoms with E-state index in [0.717, 1.165) is 10.6 Å². The van der Waals surface area contributed by atoms with E-state index in [9.17, 15) is 9.18 Å². The Morgan fingerprint density at radius 1 is 1.24 bits per heavy atom. The van der Waals surface area contributed by atoms with E-state index in [1.165, 1.54) is 28.7 Å². The maximum atomic E-state index is 13.7. The maximum Gasteiger partial charge on any atom is 0.267 e. The molecule has 21 heavy (non-hydrogen) atoms. The highest BCUT2D eigenvalue weighted by Crippen LogP contribution is 2.30. The van der Waals surface area contributed by atoms with Crippen LogP contribution < -0.4 is 5.32 Å². The Morgan fingerprint density at radius 3 is 2.76 bits per heavy atom. The Bertz CT molecular complexity index is 794. The van der Waals surface area contributed by atoms with Gasteiger partial charge in [0, 0.05) is 15.8 Å². The molecule has 0 saturated carbocycles. The number of carbonyl (C=O) groups is 1. The summed E-state index contributed by atoms with van der Waals surface area (Å²) in [5, 5.41) is 5.18. The van der Waals surface area contributed by atoms with E-state index >= 15 is 0 Å². The summed E-state index contributed by atoms with van der Waals surface area (Å²) >= 11 is 2.64. The van der Waals surface area contributed by atoms with Gasteiger partial charge in [-0.05, 0) is 25.1 Å². The highest BCUT2D eigenvalue weighted by Gasteiger charge is 2.13. The SMILES string of the molecule is Cc1csc(NC(=O)c2ccc(-c3ccccc3F)s2)n1. The van der Waals surface area contributed by atoms with E-state index in [2.05, 4.69) is 10.3 Å². The highest BCUT2D eigenvalue weighted by atomic mass is 32.1. The van der Waals surface area contributed by atoms with E-state index in [4.69, 9.17) is 0 Å². The summed E-state index contributed by atoms with van der Waals surface area (Å²) in [4.78, 5) is 17.6. The summed E-state index contributed by atoms with van der Waals surface area (Å²) in [6, 6.07) is 9.98. The lowest BCUT2D eigenvalue weighted by atomic mass is 10.2. The lowest BCUT2D eigenvalue weighted by molar-refractivity contribution is 0.103. The molecule has 0 aliphatic heterocycles. The molecule has 6 heteroatoms. The van der Waals surface area contributed by atoms with Crippen molar-refractivity contribution < 1.29 is 9.18 Å². The normalized spacial score (nSPS) is 10.6. The molecule has 0 bridgehead atoms. The fourth-order valence-corrected chi connectivity index (χ4v) is 3.45. The van der Waals surface area contributed by atoms with Crippen LogP contribution in [0.1, 0.15) is 15.4 Å². The predicted molar refractivity (Wildman–Crippen MR) is 84.5 cm³/mol. The fraction of sp³-hybridized carbons (Fsp3) is 0.0667. The minimum atomic E-state index is -0.290. The third-order valence-electron chi connectivity index (χ3n) is 2.81. The van der Waals surface area contributed by atoms with Crippen molar-refractivity contribution in [2.24, 2.45) is 0 Å². The second kappa shape index (κ2) is 5.75. The van der Waals surface area contributed by atoms with Crippen LogP contribution in [0.5, 0.6) is 0 Å². The number of rotatable bonds is 3. The number of halogens is 1. The molecule has 0 aliphatic carbocycles. The molecule has 3 aromatic rings. The van der Waals surface area contributed by atoms with Gasteiger partial charge in [0.2, 0.25) is 0 Å². The number of aromatic nitrogens is 1. The predicted octanol–water partition coefficient (Wildman–Crippen LogP) is 4.57. The molecule has 1 N–H and O–H groups in total. The van der Waals surface area contributed by atoms with Crippen LogP contribution in [0.3, 0.4) is 0 Å². The summed E-state index contributed by atoms with van der Waals surface area (Å²) in [6.07, 6.45) is 0. The number of nitrogens with zero attached hydrogens (tertiary/aromatic N) is 1. The Balaban J connectivity index is 1.82. The van der Waals surface area contributed by atoms with Crippen molar-refractivity contribution in [3.63, 3.8) is 0 Å². The molecule has 0 fully saturated rings. The summed E-state index contributed by atoms with van der Waals surface area (Å²) in [6.45, 7) is 1.87. The number of aryl methyl sites for hydroxylation is 1. The van der Waals surface area contributed by atoms with Gasteiger partial charge in [0.15, 0.2) is 5.13 Å². The first-order valence-electron chi connectivity index (χ1n) is 6.22. The molecule has 3 rings (SSSR count). The first-order valence-corrected chi connectivity index (χ1v) is 7.91. The van der Waals surface area contributed by atoms with Crippen LogP contribution in [-0.2, 0) is 0 Å². The number of benzene rings is 1. The van der Waals surface area contributed by atoms with Crippen LogP contribution in [0.15, 0.2) is 41.8 Å². The first-order chi connectivity index (χ1) is 10.1. The van der Waals surface area contributed by atoms with Crippen LogP contribution in [0.25, 0.3) is 10.4 Å². The highest BCUT2D eigenvalue weighted by molar-refractivity contribution is 7.17. The molecular formula is C15H11FN2OS2. The van der Waals surface area contributed by atoms with Crippen molar-refractivity contribution in [2.45, 2.75) is 6.92 Å². The van der Waals surface area contributed by atoms with Crippen molar-refractivity contribution >= 4 is 33.7 Å². The molecule has 1 amide bonds. The number of hydrogen-bond donors (Lipinski definition) is 1. The number of amides is 1. The van der Waals surface area contributed by atoms with Crippen molar-refractivity contribution in [1.82, 2.24) is 4.98 Å². The molecule has 0 unspecified atom stereocenters. The standard InChI is InChI=1S/C15H11FN2OS2/c1-9-8-20-15(17-9)18-14(19)13-7-6-12(21-13)10-4-2-3-5-11(10)16/h2-8H,1H3,(H,17,18,19). The maximum absolute atomic E-state index is 13.7. The number of anilines is 1. The summed E-state index contributed by atoms with van der Waals surface area (Å²) in [5.41, 5.74) is 1.38. The van der Waals surface area contributed by atoms with E-state index < -0.39 is 0 Å². The molecule has 0 radical (unpaired) electrons. The Hall–Kier alpha value is -2.05. The third-order valence-corrected chi connectivity index (χ3v) is 4.80. The molecule has 0 spiro atoms. The zero-order chi connectivity index (χ0) is 14.8. The van der Waals surface area contributed by atoms with E-state index in [1.807, 2.05) is 12.3 Å². The second-order valence-electron chi connectivity index (χ2n) is 4.39. The van der Waals surface area contributed by atoms with Crippen LogP contribution in [0.2, 0.25) is 0 Å². The van der Waals surface area contributed by atoms with Crippen molar-refractivity contribution in [3.8, 4) is 10.4 Å². The van der Waals surface area contributed by atoms with Crippen LogP contribution in [0, 0.1) is 12.7 Å². The van der Waals surface area contributed by atoms with Gasteiger partial charge in [-0.15, -0.1) is 22.7 Å². The molecule has 2 heterocycles. The fourth-order valence-electron chi connectivity index (χ4n) is 1.84. The number of carbonyl (C=O) groups excluding carboxylic acids is 1. The Labute approximate surface area is 129 Å². The van der Waals surface area contributed by atoms with Gasteiger partial charge in [-0.2, -0.15) is 0 Å². The van der Waals surface area contributed by atoms with E-state index in [1.54, 1.807) is 30.3 Å². The lowest BCUT2D eigenvalue weighted by Gasteiger charge is -1.99. The molecular weight excluding hydrogens is 307 g/mol. The number of thiophene rings is 1. The molecule has 2 aromatic heterocycles. The number of hydrogen-bond acceptors (Lipinski definition) is 4. The quantitative estimate of drug-likeness (QED) is 0.768. The van der Waals surface area contributed by atoms with Gasteiger partial charge in [0.25, 0.3) is 5.91 Å². The van der Waals surface area contributed by atoms with Crippen LogP contribution in [-0.4, -0.2) is 10.9 Å². The molecule has 3 nitrogen and oxygen atoms in total. The van der Waals surface area contributed by atoms with E-state index in [0.29, 0.717) is 15.6 Å². The van der Waals surface area contributed by atoms with Crippen molar-refractivity contribution in [2.75, 3.05) is 5.32 Å². The van der Waals surface area contributed by atoms with Crippen LogP contribution in [0.4, 0.5) is 9.52 Å². The van der Waals surface area contributed by atoms with Gasteiger partial charge < -0.3 is 0 Å². The Kier molecular flexibility index (Phi) is 3.81. The van der Waals surface area contributed by atoms with Gasteiger partial charge in [0.1, 0.15) is 5.82 Å². The third kappa shape index (κ3) is 3.01. The zero-order valence-corrected chi connectivity index (χ0v) is 12.7. The molecule has 0 saturated heterocycles. The second-order valence-corrected chi connectivity index (χ2v) is 6.33. The van der Waals surface area contributed by atoms with Crippen LogP contribution >= 0.6 is 22.7 Å². The smallest absolute Gasteiger partial charge is 0.267 e. The largest absolute Gasteiger partial charge is 0.297 e. The molecule has 106 valence electrons. The minimum absolute atomic E-state index is 0.225. The average Bonchev–Trinajstić information content (AvgIpc) is 3.09. The summed E-state index contributed by atoms with van der Waals surface area (Å²) in [7, 11) is 0. The van der Waals surface area contributed by atoms with E-state index in [-0.39, 0.29) is 11.7 Å². The monoisotopic (exact) mass is 318 g/mol. The molecule has 1 aromatic carbocycles. The zero-order valence-electron chi connectivity index (χ0n) is 11.1. The van der Waals surface area contributed by atoms with Gasteiger partial charge in [-0.25, -0.2) is 9.37 Å². The molecule has 0 aliphatic rings. The van der Waals surface area contributed by atoms with Crippen molar-refractivity contribution in [3.05, 3.63) is 58.2 Å². The Morgan fingerprint density at radius 2 is 2.05 bits per heavy atom. The lowest BCUT2D eigenvalue weighted by Crippen LogP contribution is -2.09. The topological polar surface area (TPSA) is 42.0 Å².